The van der Waals surface area contributed by atoms with E-state index in [1.807, 2.05) is 42.5 Å². The van der Waals surface area contributed by atoms with E-state index in [0.29, 0.717) is 63.9 Å². The maximum atomic E-state index is 14.0. The first-order valence-electron chi connectivity index (χ1n) is 21.1. The average Bonchev–Trinajstić information content (AvgIpc) is 4.03. The van der Waals surface area contributed by atoms with Crippen LogP contribution in [0.4, 0.5) is 24.5 Å². The molecule has 0 radical (unpaired) electrons. The van der Waals surface area contributed by atoms with Crippen molar-refractivity contribution < 1.29 is 37.1 Å². The van der Waals surface area contributed by atoms with E-state index in [2.05, 4.69) is 27.0 Å². The van der Waals surface area contributed by atoms with Crippen LogP contribution in [0.1, 0.15) is 92.2 Å². The first-order chi connectivity index (χ1) is 29.3. The number of hydrogen-bond acceptors (Lipinski definition) is 10. The third-order valence-corrected chi connectivity index (χ3v) is 13.2. The average molecular weight is 856 g/mol. The van der Waals surface area contributed by atoms with Gasteiger partial charge in [-0.2, -0.15) is 18.4 Å². The molecule has 1 aromatic heterocycles. The van der Waals surface area contributed by atoms with Gasteiger partial charge in [0.25, 0.3) is 5.91 Å². The van der Waals surface area contributed by atoms with Crippen LogP contribution < -0.4 is 19.9 Å². The van der Waals surface area contributed by atoms with Gasteiger partial charge in [0.1, 0.15) is 24.0 Å². The van der Waals surface area contributed by atoms with Gasteiger partial charge in [-0.05, 0) is 110 Å². The summed E-state index contributed by atoms with van der Waals surface area (Å²) in [6.45, 7) is 6.01. The number of carbonyl (C=O) groups is 4. The van der Waals surface area contributed by atoms with Crippen molar-refractivity contribution in [1.29, 1.82) is 5.26 Å². The normalized spacial score (nSPS) is 22.0. The molecule has 0 bridgehead atoms. The lowest BCUT2D eigenvalue weighted by molar-refractivity contribution is -0.138. The van der Waals surface area contributed by atoms with Gasteiger partial charge in [-0.15, -0.1) is 0 Å². The quantitative estimate of drug-likeness (QED) is 0.149. The number of nitriles is 1. The monoisotopic (exact) mass is 855 g/mol. The minimum atomic E-state index is -4.84. The molecule has 320 valence electrons. The summed E-state index contributed by atoms with van der Waals surface area (Å²) >= 11 is 5.84. The predicted molar refractivity (Wildman–Crippen MR) is 224 cm³/mol. The lowest BCUT2D eigenvalue weighted by Crippen LogP contribution is -2.55. The number of thiocarbonyl (C=S) groups is 1. The first-order valence-corrected chi connectivity index (χ1v) is 21.5. The molecule has 16 heteroatoms. The highest BCUT2D eigenvalue weighted by molar-refractivity contribution is 7.81. The molecular formula is C45H48F3N7O5S. The number of ketones is 1. The number of piperazine rings is 1. The Hall–Kier alpha value is -5.24. The summed E-state index contributed by atoms with van der Waals surface area (Å²) in [6, 6.07) is 16.1. The molecule has 3 aliphatic heterocycles. The van der Waals surface area contributed by atoms with E-state index in [-0.39, 0.29) is 46.3 Å². The molecule has 1 unspecified atom stereocenters. The molecule has 3 amide bonds. The molecule has 1 spiro atoms. The minimum absolute atomic E-state index is 0.0716. The van der Waals surface area contributed by atoms with E-state index >= 15 is 0 Å². The molecular weight excluding hydrogens is 808 g/mol. The molecule has 3 aromatic rings. The SMILES string of the molecule is CC[C@@H]1CN(CCOc2ccc(N3C(=S)N(c4cnc(C#N)c(C(F)(F)F)c4)C(=O)C34CCC4)cc2C2CC2)CCN1CC(=O)Cc1cccc(CC2CCC(=O)NC2=O)c1. The van der Waals surface area contributed by atoms with E-state index in [1.54, 1.807) is 4.90 Å². The highest BCUT2D eigenvalue weighted by atomic mass is 32.1. The van der Waals surface area contributed by atoms with Crippen LogP contribution in [-0.2, 0) is 38.2 Å². The Morgan fingerprint density at radius 3 is 2.52 bits per heavy atom. The summed E-state index contributed by atoms with van der Waals surface area (Å²) in [5.74, 6) is 0.0668. The van der Waals surface area contributed by atoms with Gasteiger partial charge < -0.3 is 9.64 Å². The Bertz CT molecular complexity index is 2290. The number of halogens is 3. The van der Waals surface area contributed by atoms with Gasteiger partial charge in [0.2, 0.25) is 11.8 Å². The molecule has 8 rings (SSSR count). The van der Waals surface area contributed by atoms with Gasteiger partial charge in [-0.3, -0.25) is 39.2 Å². The van der Waals surface area contributed by atoms with Crippen molar-refractivity contribution in [3.8, 4) is 11.8 Å². The van der Waals surface area contributed by atoms with Crippen LogP contribution in [0.5, 0.6) is 5.75 Å². The number of hydrogen-bond donors (Lipinski definition) is 1. The highest BCUT2D eigenvalue weighted by Crippen LogP contribution is 2.51. The van der Waals surface area contributed by atoms with Gasteiger partial charge in [-0.25, -0.2) is 4.98 Å². The second-order valence-electron chi connectivity index (χ2n) is 16.9. The van der Waals surface area contributed by atoms with E-state index in [0.717, 1.165) is 84.9 Å². The molecule has 2 aromatic carbocycles. The predicted octanol–water partition coefficient (Wildman–Crippen LogP) is 6.09. The summed E-state index contributed by atoms with van der Waals surface area (Å²) in [5, 5.41) is 11.8. The number of amides is 3. The molecule has 12 nitrogen and oxygen atoms in total. The summed E-state index contributed by atoms with van der Waals surface area (Å²) in [5.41, 5.74) is 0.469. The summed E-state index contributed by atoms with van der Waals surface area (Å²) in [6.07, 6.45) is 2.61. The minimum Gasteiger partial charge on any atom is -0.492 e. The summed E-state index contributed by atoms with van der Waals surface area (Å²) in [4.78, 5) is 62.5. The number of nitrogens with zero attached hydrogens (tertiary/aromatic N) is 6. The fourth-order valence-corrected chi connectivity index (χ4v) is 9.71. The molecule has 5 aliphatic rings. The Morgan fingerprint density at radius 2 is 1.84 bits per heavy atom. The number of nitrogens with one attached hydrogen (secondary N) is 1. The number of piperidine rings is 1. The van der Waals surface area contributed by atoms with Crippen LogP contribution in [0.25, 0.3) is 0 Å². The number of Topliss-reactive ketones (excluding diaryl/α,β-unsaturated/α-hetero) is 1. The Balaban J connectivity index is 0.874. The zero-order valence-electron chi connectivity index (χ0n) is 34.0. The van der Waals surface area contributed by atoms with Crippen LogP contribution in [0.15, 0.2) is 54.7 Å². The van der Waals surface area contributed by atoms with Crippen molar-refractivity contribution in [2.45, 2.75) is 94.8 Å². The topological polar surface area (TPSA) is 139 Å². The van der Waals surface area contributed by atoms with Crippen LogP contribution in [-0.4, -0.2) is 94.3 Å². The van der Waals surface area contributed by atoms with Crippen molar-refractivity contribution in [2.75, 3.05) is 49.1 Å². The zero-order chi connectivity index (χ0) is 43.1. The van der Waals surface area contributed by atoms with Crippen molar-refractivity contribution in [1.82, 2.24) is 20.1 Å². The van der Waals surface area contributed by atoms with Crippen molar-refractivity contribution in [3.63, 3.8) is 0 Å². The number of benzene rings is 2. The number of alkyl halides is 3. The number of anilines is 2. The number of imide groups is 1. The van der Waals surface area contributed by atoms with Crippen LogP contribution in [0.2, 0.25) is 0 Å². The first kappa shape index (κ1) is 42.5. The smallest absolute Gasteiger partial charge is 0.419 e. The number of ether oxygens (including phenoxy) is 1. The maximum absolute atomic E-state index is 14.0. The number of rotatable bonds is 14. The molecule has 4 heterocycles. The number of carbonyl (C=O) groups excluding carboxylic acids is 4. The number of aromatic nitrogens is 1. The standard InChI is InChI=1S/C45H48F3N7O5S/c1-2-32-26-52(15-16-53(32)27-35(56)21-29-6-3-5-28(19-29)20-31-9-12-40(57)51-41(31)58)17-18-60-39-11-10-33(22-36(39)30-7-8-30)55-43(61)54(42(59)44(55)13-4-14-44)34-23-37(45(46,47)48)38(24-49)50-25-34/h3,5-6,10-11,19,22-23,25,30-32H,2,4,7-9,12-18,20-21,26-27H2,1H3,(H,51,57,58)/t31?,32-/m1/s1. The van der Waals surface area contributed by atoms with Crippen LogP contribution in [0, 0.1) is 17.2 Å². The highest BCUT2D eigenvalue weighted by Gasteiger charge is 2.60. The zero-order valence-corrected chi connectivity index (χ0v) is 34.8. The van der Waals surface area contributed by atoms with Gasteiger partial charge in [0.05, 0.1) is 24.0 Å². The largest absolute Gasteiger partial charge is 0.492 e. The van der Waals surface area contributed by atoms with E-state index < -0.39 is 28.9 Å². The molecule has 5 fully saturated rings. The fraction of sp³-hybridized carbons (Fsp3) is 0.489. The van der Waals surface area contributed by atoms with Crippen LogP contribution in [0.3, 0.4) is 0 Å². The lowest BCUT2D eigenvalue weighted by atomic mass is 9.75. The van der Waals surface area contributed by atoms with Gasteiger partial charge in [0.15, 0.2) is 16.6 Å². The Morgan fingerprint density at radius 1 is 1.05 bits per heavy atom. The second kappa shape index (κ2) is 17.3. The molecule has 1 N–H and O–H groups in total. The van der Waals surface area contributed by atoms with Crippen molar-refractivity contribution in [3.05, 3.63) is 82.7 Å². The molecule has 3 saturated heterocycles. The third-order valence-electron chi connectivity index (χ3n) is 12.8. The second-order valence-corrected chi connectivity index (χ2v) is 17.3. The van der Waals surface area contributed by atoms with Gasteiger partial charge in [-0.1, -0.05) is 31.2 Å². The van der Waals surface area contributed by atoms with E-state index in [4.69, 9.17) is 17.0 Å². The lowest BCUT2D eigenvalue weighted by Gasteiger charge is -2.43. The van der Waals surface area contributed by atoms with Gasteiger partial charge >= 0.3 is 6.18 Å². The van der Waals surface area contributed by atoms with E-state index in [9.17, 15) is 37.6 Å². The summed E-state index contributed by atoms with van der Waals surface area (Å²) < 4.78 is 48.0. The molecule has 2 saturated carbocycles. The van der Waals surface area contributed by atoms with Gasteiger partial charge in [0, 0.05) is 56.7 Å². The maximum Gasteiger partial charge on any atom is 0.419 e. The Kier molecular flexibility index (Phi) is 12.0. The van der Waals surface area contributed by atoms with Crippen molar-refractivity contribution in [2.24, 2.45) is 5.92 Å². The van der Waals surface area contributed by atoms with Crippen LogP contribution >= 0.6 is 12.2 Å². The molecule has 2 atom stereocenters. The third kappa shape index (κ3) is 8.78. The molecule has 2 aliphatic carbocycles. The summed E-state index contributed by atoms with van der Waals surface area (Å²) in [7, 11) is 0. The molecule has 61 heavy (non-hydrogen) atoms. The van der Waals surface area contributed by atoms with Crippen molar-refractivity contribution >= 4 is 52.2 Å². The van der Waals surface area contributed by atoms with E-state index in [1.165, 1.54) is 6.07 Å². The number of pyridine rings is 1. The Labute approximate surface area is 358 Å². The fourth-order valence-electron chi connectivity index (χ4n) is 9.24.